The summed E-state index contributed by atoms with van der Waals surface area (Å²) in [5.74, 6) is -3.21. The number of halogens is 2. The first-order valence-electron chi connectivity index (χ1n) is 13.5. The summed E-state index contributed by atoms with van der Waals surface area (Å²) in [6.07, 6.45) is 3.97. The molecule has 2 heterocycles. The molecule has 1 aliphatic heterocycles. The Labute approximate surface area is 229 Å². The van der Waals surface area contributed by atoms with Crippen LogP contribution in [0.3, 0.4) is 0 Å². The van der Waals surface area contributed by atoms with Crippen molar-refractivity contribution in [3.05, 3.63) is 64.1 Å². The van der Waals surface area contributed by atoms with Crippen LogP contribution in [0.15, 0.2) is 41.2 Å². The quantitative estimate of drug-likeness (QED) is 0.461. The zero-order valence-electron chi connectivity index (χ0n) is 22.2. The largest absolute Gasteiger partial charge is 0.478 e. The van der Waals surface area contributed by atoms with Gasteiger partial charge in [-0.3, -0.25) is 4.90 Å². The lowest BCUT2D eigenvalue weighted by molar-refractivity contribution is 0.0697. The summed E-state index contributed by atoms with van der Waals surface area (Å²) in [6, 6.07) is 6.69. The molecule has 1 aromatic heterocycles. The second-order valence-corrected chi connectivity index (χ2v) is 10.0. The Morgan fingerprint density at radius 3 is 2.30 bits per heavy atom. The number of carboxylic acid groups (broad SMARTS) is 1. The minimum Gasteiger partial charge on any atom is -0.478 e. The fourth-order valence-electron chi connectivity index (χ4n) is 5.54. The molecule has 0 unspecified atom stereocenters. The molecule has 1 saturated carbocycles. The van der Waals surface area contributed by atoms with Gasteiger partial charge in [0.25, 0.3) is 0 Å². The van der Waals surface area contributed by atoms with Crippen molar-refractivity contribution in [2.75, 3.05) is 42.5 Å². The molecule has 1 saturated heterocycles. The predicted molar refractivity (Wildman–Crippen MR) is 143 cm³/mol. The second-order valence-electron chi connectivity index (χ2n) is 10.0. The molecule has 1 N–H and O–H groups in total. The molecule has 212 valence electrons. The smallest absolute Gasteiger partial charge is 0.377 e. The number of anilines is 2. The van der Waals surface area contributed by atoms with E-state index in [0.717, 1.165) is 57.1 Å². The van der Waals surface area contributed by atoms with E-state index in [1.165, 1.54) is 11.0 Å². The van der Waals surface area contributed by atoms with Gasteiger partial charge in [-0.25, -0.2) is 23.2 Å². The summed E-state index contributed by atoms with van der Waals surface area (Å²) in [4.78, 5) is 45.0. The molecule has 3 aromatic rings. The highest BCUT2D eigenvalue weighted by molar-refractivity contribution is 5.99. The summed E-state index contributed by atoms with van der Waals surface area (Å²) in [7, 11) is 0. The van der Waals surface area contributed by atoms with Crippen molar-refractivity contribution in [3.8, 4) is 5.69 Å². The first-order valence-corrected chi connectivity index (χ1v) is 13.5. The minimum atomic E-state index is -1.14. The Bertz CT molecular complexity index is 1440. The summed E-state index contributed by atoms with van der Waals surface area (Å²) in [5.41, 5.74) is -0.986. The summed E-state index contributed by atoms with van der Waals surface area (Å²) < 4.78 is 29.6. The van der Waals surface area contributed by atoms with Crippen LogP contribution in [0.1, 0.15) is 49.4 Å². The van der Waals surface area contributed by atoms with Gasteiger partial charge in [0.05, 0.1) is 11.3 Å². The second kappa shape index (κ2) is 11.5. The number of carbonyl (C=O) groups is 2. The Morgan fingerprint density at radius 1 is 1.00 bits per heavy atom. The standard InChI is InChI=1S/C27H31F2N7O4/c1-2-32-13-15-33(16-14-32)23-12-11-19(17-20(23)25(37)38)34(18-7-4-3-5-8-18)26(39)36-27(40)35(30-31-36)24-21(28)9-6-10-22(24)29/h6,9-12,17-18H,2-5,7-8,13-16H2,1H3,(H,37,38). The predicted octanol–water partition coefficient (Wildman–Crippen LogP) is 3.35. The average molecular weight is 556 g/mol. The van der Waals surface area contributed by atoms with Crippen LogP contribution in [0, 0.1) is 11.6 Å². The van der Waals surface area contributed by atoms with Gasteiger partial charge in [-0.15, -0.1) is 4.68 Å². The van der Waals surface area contributed by atoms with Gasteiger partial charge in [0, 0.05) is 37.9 Å². The average Bonchev–Trinajstić information content (AvgIpc) is 3.34. The van der Waals surface area contributed by atoms with Crippen LogP contribution < -0.4 is 15.5 Å². The van der Waals surface area contributed by atoms with Crippen molar-refractivity contribution in [3.63, 3.8) is 0 Å². The first kappa shape index (κ1) is 27.4. The maximum absolute atomic E-state index is 14.4. The molecule has 1 amide bonds. The number of nitrogens with zero attached hydrogens (tertiary/aromatic N) is 7. The number of carboxylic acids is 1. The Balaban J connectivity index is 1.54. The third-order valence-electron chi connectivity index (χ3n) is 7.71. The maximum Gasteiger partial charge on any atom is 0.377 e. The zero-order chi connectivity index (χ0) is 28.4. The Morgan fingerprint density at radius 2 is 1.68 bits per heavy atom. The highest BCUT2D eigenvalue weighted by atomic mass is 19.1. The van der Waals surface area contributed by atoms with Gasteiger partial charge in [0.2, 0.25) is 0 Å². The van der Waals surface area contributed by atoms with Gasteiger partial charge < -0.3 is 14.9 Å². The van der Waals surface area contributed by atoms with Gasteiger partial charge in [-0.2, -0.15) is 4.68 Å². The number of benzene rings is 2. The molecule has 2 aliphatic rings. The lowest BCUT2D eigenvalue weighted by atomic mass is 9.93. The molecule has 0 bridgehead atoms. The van der Waals surface area contributed by atoms with E-state index >= 15 is 0 Å². The highest BCUT2D eigenvalue weighted by Crippen LogP contribution is 2.32. The van der Waals surface area contributed by atoms with Gasteiger partial charge in [0.1, 0.15) is 5.69 Å². The van der Waals surface area contributed by atoms with E-state index < -0.39 is 35.0 Å². The lowest BCUT2D eigenvalue weighted by Gasteiger charge is -2.37. The van der Waals surface area contributed by atoms with Crippen LogP contribution in [-0.2, 0) is 0 Å². The SMILES string of the molecule is CCN1CCN(c2ccc(N(C(=O)n3nnn(-c4c(F)cccc4F)c3=O)C3CCCCC3)cc2C(=O)O)CC1. The number of hydrogen-bond acceptors (Lipinski definition) is 7. The van der Waals surface area contributed by atoms with E-state index in [-0.39, 0.29) is 11.6 Å². The van der Waals surface area contributed by atoms with E-state index in [1.54, 1.807) is 12.1 Å². The fraction of sp³-hybridized carbons (Fsp3) is 0.444. The molecule has 0 spiro atoms. The van der Waals surface area contributed by atoms with E-state index in [1.807, 2.05) is 4.90 Å². The molecule has 11 nitrogen and oxygen atoms in total. The molecular formula is C27H31F2N7O4. The van der Waals surface area contributed by atoms with E-state index in [9.17, 15) is 28.3 Å². The molecule has 5 rings (SSSR count). The molecule has 1 aliphatic carbocycles. The van der Waals surface area contributed by atoms with Crippen molar-refractivity contribution in [2.45, 2.75) is 45.1 Å². The Kier molecular flexibility index (Phi) is 7.92. The number of aromatic carboxylic acids is 1. The maximum atomic E-state index is 14.4. The van der Waals surface area contributed by atoms with Gasteiger partial charge in [-0.1, -0.05) is 32.3 Å². The number of amides is 1. The summed E-state index contributed by atoms with van der Waals surface area (Å²) in [5, 5.41) is 17.3. The number of hydrogen-bond donors (Lipinski definition) is 1. The summed E-state index contributed by atoms with van der Waals surface area (Å²) >= 11 is 0. The van der Waals surface area contributed by atoms with Crippen molar-refractivity contribution >= 4 is 23.4 Å². The van der Waals surface area contributed by atoms with Crippen LogP contribution in [0.25, 0.3) is 5.69 Å². The molecule has 13 heteroatoms. The lowest BCUT2D eigenvalue weighted by Crippen LogP contribution is -2.48. The molecule has 2 fully saturated rings. The van der Waals surface area contributed by atoms with Gasteiger partial charge in [-0.05, 0) is 60.1 Å². The van der Waals surface area contributed by atoms with Crippen LogP contribution in [0.4, 0.5) is 25.0 Å². The van der Waals surface area contributed by atoms with Gasteiger partial charge >= 0.3 is 17.7 Å². The Hall–Kier alpha value is -4.13. The fourth-order valence-corrected chi connectivity index (χ4v) is 5.54. The van der Waals surface area contributed by atoms with Crippen LogP contribution in [0.2, 0.25) is 0 Å². The minimum absolute atomic E-state index is 0.0421. The first-order chi connectivity index (χ1) is 19.3. The van der Waals surface area contributed by atoms with Crippen LogP contribution >= 0.6 is 0 Å². The van der Waals surface area contributed by atoms with Gasteiger partial charge in [0.15, 0.2) is 11.6 Å². The number of para-hydroxylation sites is 1. The van der Waals surface area contributed by atoms with Crippen molar-refractivity contribution in [2.24, 2.45) is 0 Å². The molecule has 2 aromatic carbocycles. The zero-order valence-corrected chi connectivity index (χ0v) is 22.2. The number of piperazine rings is 1. The number of aromatic nitrogens is 4. The molecular weight excluding hydrogens is 524 g/mol. The molecule has 40 heavy (non-hydrogen) atoms. The van der Waals surface area contributed by atoms with Crippen molar-refractivity contribution < 1.29 is 23.5 Å². The van der Waals surface area contributed by atoms with E-state index in [0.29, 0.717) is 46.7 Å². The monoisotopic (exact) mass is 555 g/mol. The number of likely N-dealkylation sites (N-methyl/N-ethyl adjacent to an activating group) is 1. The van der Waals surface area contributed by atoms with Crippen molar-refractivity contribution in [1.29, 1.82) is 0 Å². The number of tetrazole rings is 1. The van der Waals surface area contributed by atoms with Crippen LogP contribution in [-0.4, -0.2) is 80.6 Å². The highest BCUT2D eigenvalue weighted by Gasteiger charge is 2.32. The number of rotatable bonds is 6. The van der Waals surface area contributed by atoms with E-state index in [4.69, 9.17) is 0 Å². The topological polar surface area (TPSA) is 117 Å². The molecule has 0 atom stereocenters. The summed E-state index contributed by atoms with van der Waals surface area (Å²) in [6.45, 7) is 5.97. The van der Waals surface area contributed by atoms with Crippen molar-refractivity contribution in [1.82, 2.24) is 24.7 Å². The molecule has 0 radical (unpaired) electrons. The third kappa shape index (κ3) is 5.20. The normalized spacial score (nSPS) is 16.7. The number of carbonyl (C=O) groups excluding carboxylic acids is 1. The van der Waals surface area contributed by atoms with E-state index in [2.05, 4.69) is 22.3 Å². The van der Waals surface area contributed by atoms with Crippen LogP contribution in [0.5, 0.6) is 0 Å². The third-order valence-corrected chi connectivity index (χ3v) is 7.71.